The van der Waals surface area contributed by atoms with Gasteiger partial charge in [-0.05, 0) is 49.7 Å². The summed E-state index contributed by atoms with van der Waals surface area (Å²) in [6.45, 7) is 3.69. The van der Waals surface area contributed by atoms with Crippen molar-refractivity contribution in [3.8, 4) is 11.5 Å². The van der Waals surface area contributed by atoms with E-state index in [-0.39, 0.29) is 33.5 Å². The highest BCUT2D eigenvalue weighted by atomic mass is 32.2. The molecule has 2 amide bonds. The summed E-state index contributed by atoms with van der Waals surface area (Å²) in [5, 5.41) is 5.47. The molecule has 0 aromatic heterocycles. The number of ether oxygens (including phenoxy) is 2. The second-order valence-corrected chi connectivity index (χ2v) is 10.1. The van der Waals surface area contributed by atoms with E-state index in [1.54, 1.807) is 48.5 Å². The molecule has 3 aromatic carbocycles. The van der Waals surface area contributed by atoms with Gasteiger partial charge in [-0.3, -0.25) is 13.9 Å². The molecule has 37 heavy (non-hydrogen) atoms. The molecule has 10 heteroatoms. The molecule has 0 fully saturated rings. The molecular weight excluding hydrogens is 494 g/mol. The van der Waals surface area contributed by atoms with Crippen molar-refractivity contribution in [3.63, 3.8) is 0 Å². The van der Waals surface area contributed by atoms with E-state index in [0.29, 0.717) is 12.3 Å². The van der Waals surface area contributed by atoms with Crippen molar-refractivity contribution in [1.29, 1.82) is 0 Å². The number of sulfonamides is 1. The number of nitrogens with zero attached hydrogens (tertiary/aromatic N) is 1. The Kier molecular flexibility index (Phi) is 9.13. The van der Waals surface area contributed by atoms with Crippen molar-refractivity contribution in [3.05, 3.63) is 77.9 Å². The number of hydrogen-bond acceptors (Lipinski definition) is 6. The molecule has 0 bridgehead atoms. The van der Waals surface area contributed by atoms with Crippen molar-refractivity contribution in [2.45, 2.75) is 25.2 Å². The molecule has 3 rings (SSSR count). The van der Waals surface area contributed by atoms with Crippen molar-refractivity contribution in [2.75, 3.05) is 36.9 Å². The first-order valence-corrected chi connectivity index (χ1v) is 13.1. The first kappa shape index (κ1) is 27.5. The highest BCUT2D eigenvalue weighted by Crippen LogP contribution is 2.35. The van der Waals surface area contributed by atoms with Gasteiger partial charge in [0.25, 0.3) is 15.9 Å². The van der Waals surface area contributed by atoms with Crippen molar-refractivity contribution < 1.29 is 27.5 Å². The summed E-state index contributed by atoms with van der Waals surface area (Å²) in [6, 6.07) is 17.6. The quantitative estimate of drug-likeness (QED) is 0.391. The lowest BCUT2D eigenvalue weighted by Gasteiger charge is -2.26. The number of benzene rings is 3. The number of hydrogen-bond donors (Lipinski definition) is 2. The van der Waals surface area contributed by atoms with E-state index in [1.807, 2.05) is 13.8 Å². The lowest BCUT2D eigenvalue weighted by atomic mass is 10.1. The molecule has 0 radical (unpaired) electrons. The van der Waals surface area contributed by atoms with Gasteiger partial charge in [0, 0.05) is 12.6 Å². The number of aryl methyl sites for hydroxylation is 1. The van der Waals surface area contributed by atoms with E-state index in [4.69, 9.17) is 9.47 Å². The second kappa shape index (κ2) is 12.3. The van der Waals surface area contributed by atoms with Gasteiger partial charge in [-0.1, -0.05) is 36.8 Å². The molecule has 0 atom stereocenters. The number of para-hydroxylation sites is 1. The van der Waals surface area contributed by atoms with E-state index in [0.717, 1.165) is 16.3 Å². The van der Waals surface area contributed by atoms with Gasteiger partial charge in [0.1, 0.15) is 18.0 Å². The smallest absolute Gasteiger partial charge is 0.264 e. The average Bonchev–Trinajstić information content (AvgIpc) is 2.90. The standard InChI is InChI=1S/C27H31N3O6S/c1-5-16-28-27(32)22-8-6-7-9-23(22)29-26(31)18-30(24-17-20(35-3)12-15-25(24)36-4)37(33,34)21-13-10-19(2)11-14-21/h6-15,17H,5,16,18H2,1-4H3,(H,28,32)(H,29,31). The fourth-order valence-electron chi connectivity index (χ4n) is 3.57. The minimum absolute atomic E-state index is 0.00937. The number of carbonyl (C=O) groups is 2. The lowest BCUT2D eigenvalue weighted by molar-refractivity contribution is -0.114. The van der Waals surface area contributed by atoms with Gasteiger partial charge in [-0.2, -0.15) is 0 Å². The van der Waals surface area contributed by atoms with Gasteiger partial charge in [-0.25, -0.2) is 8.42 Å². The SMILES string of the molecule is CCCNC(=O)c1ccccc1NC(=O)CN(c1cc(OC)ccc1OC)S(=O)(=O)c1ccc(C)cc1. The van der Waals surface area contributed by atoms with Crippen LogP contribution in [0.4, 0.5) is 11.4 Å². The third-order valence-electron chi connectivity index (χ3n) is 5.53. The van der Waals surface area contributed by atoms with Gasteiger partial charge < -0.3 is 20.1 Å². The molecule has 0 aliphatic heterocycles. The maximum absolute atomic E-state index is 13.8. The lowest BCUT2D eigenvalue weighted by Crippen LogP contribution is -2.38. The van der Waals surface area contributed by atoms with Crippen molar-refractivity contribution in [1.82, 2.24) is 5.32 Å². The van der Waals surface area contributed by atoms with Crippen LogP contribution in [0, 0.1) is 6.92 Å². The molecule has 9 nitrogen and oxygen atoms in total. The molecule has 0 saturated heterocycles. The Hall–Kier alpha value is -4.05. The van der Waals surface area contributed by atoms with Gasteiger partial charge in [0.2, 0.25) is 5.91 Å². The average molecular weight is 526 g/mol. The number of rotatable bonds is 11. The van der Waals surface area contributed by atoms with E-state index in [2.05, 4.69) is 10.6 Å². The monoisotopic (exact) mass is 525 g/mol. The predicted octanol–water partition coefficient (Wildman–Crippen LogP) is 3.99. The third-order valence-corrected chi connectivity index (χ3v) is 7.31. The van der Waals surface area contributed by atoms with Crippen LogP contribution in [0.5, 0.6) is 11.5 Å². The molecular formula is C27H31N3O6S. The number of methoxy groups -OCH3 is 2. The Balaban J connectivity index is 2.01. The molecule has 0 spiro atoms. The van der Waals surface area contributed by atoms with Crippen molar-refractivity contribution >= 4 is 33.2 Å². The largest absolute Gasteiger partial charge is 0.497 e. The van der Waals surface area contributed by atoms with Crippen LogP contribution in [0.3, 0.4) is 0 Å². The van der Waals surface area contributed by atoms with Crippen LogP contribution in [-0.4, -0.2) is 47.5 Å². The van der Waals surface area contributed by atoms with E-state index in [1.165, 1.54) is 32.4 Å². The van der Waals surface area contributed by atoms with Crippen LogP contribution in [0.1, 0.15) is 29.3 Å². The fourth-order valence-corrected chi connectivity index (χ4v) is 5.00. The number of carbonyl (C=O) groups excluding carboxylic acids is 2. The highest BCUT2D eigenvalue weighted by Gasteiger charge is 2.30. The Morgan fingerprint density at radius 3 is 2.30 bits per heavy atom. The molecule has 0 heterocycles. The molecule has 0 aliphatic carbocycles. The van der Waals surface area contributed by atoms with Gasteiger partial charge >= 0.3 is 0 Å². The zero-order valence-electron chi connectivity index (χ0n) is 21.3. The maximum atomic E-state index is 13.8. The summed E-state index contributed by atoms with van der Waals surface area (Å²) in [4.78, 5) is 25.8. The molecule has 196 valence electrons. The van der Waals surface area contributed by atoms with Crippen molar-refractivity contribution in [2.24, 2.45) is 0 Å². The number of nitrogens with one attached hydrogen (secondary N) is 2. The molecule has 0 aliphatic rings. The van der Waals surface area contributed by atoms with Crippen LogP contribution in [-0.2, 0) is 14.8 Å². The minimum atomic E-state index is -4.20. The van der Waals surface area contributed by atoms with Gasteiger partial charge in [-0.15, -0.1) is 0 Å². The Bertz CT molecular complexity index is 1360. The number of anilines is 2. The number of amides is 2. The summed E-state index contributed by atoms with van der Waals surface area (Å²) < 4.78 is 39.2. The molecule has 0 saturated carbocycles. The summed E-state index contributed by atoms with van der Waals surface area (Å²) in [7, 11) is -1.33. The van der Waals surface area contributed by atoms with E-state index in [9.17, 15) is 18.0 Å². The highest BCUT2D eigenvalue weighted by molar-refractivity contribution is 7.92. The summed E-state index contributed by atoms with van der Waals surface area (Å²) in [5.41, 5.74) is 1.56. The molecule has 2 N–H and O–H groups in total. The minimum Gasteiger partial charge on any atom is -0.497 e. The summed E-state index contributed by atoms with van der Waals surface area (Å²) in [6.07, 6.45) is 0.758. The van der Waals surface area contributed by atoms with Crippen LogP contribution in [0.25, 0.3) is 0 Å². The predicted molar refractivity (Wildman–Crippen MR) is 143 cm³/mol. The summed E-state index contributed by atoms with van der Waals surface area (Å²) >= 11 is 0. The second-order valence-electron chi connectivity index (χ2n) is 8.21. The van der Waals surface area contributed by atoms with Gasteiger partial charge in [0.15, 0.2) is 0 Å². The zero-order chi connectivity index (χ0) is 27.0. The normalized spacial score (nSPS) is 10.9. The van der Waals surface area contributed by atoms with E-state index < -0.39 is 22.5 Å². The Morgan fingerprint density at radius 1 is 0.946 bits per heavy atom. The van der Waals surface area contributed by atoms with Crippen LogP contribution in [0.15, 0.2) is 71.6 Å². The first-order chi connectivity index (χ1) is 17.7. The van der Waals surface area contributed by atoms with Gasteiger partial charge in [0.05, 0.1) is 36.1 Å². The first-order valence-electron chi connectivity index (χ1n) is 11.7. The summed E-state index contributed by atoms with van der Waals surface area (Å²) in [5.74, 6) is -0.352. The topological polar surface area (TPSA) is 114 Å². The maximum Gasteiger partial charge on any atom is 0.264 e. The molecule has 3 aromatic rings. The van der Waals surface area contributed by atoms with Crippen LogP contribution >= 0.6 is 0 Å². The van der Waals surface area contributed by atoms with E-state index >= 15 is 0 Å². The third kappa shape index (κ3) is 6.59. The Labute approximate surface area is 217 Å². The molecule has 0 unspecified atom stereocenters. The fraction of sp³-hybridized carbons (Fsp3) is 0.259. The van der Waals surface area contributed by atoms with Crippen LogP contribution < -0.4 is 24.4 Å². The van der Waals surface area contributed by atoms with Crippen LogP contribution in [0.2, 0.25) is 0 Å². The zero-order valence-corrected chi connectivity index (χ0v) is 22.1. The Morgan fingerprint density at radius 2 is 1.65 bits per heavy atom.